The number of aromatic nitrogens is 1. The largest absolute Gasteiger partial charge is 0.487 e. The summed E-state index contributed by atoms with van der Waals surface area (Å²) in [6.07, 6.45) is 4.65. The SMILES string of the molecule is CC(C)Oc1cccnc1NCCN1CCCC1. The van der Waals surface area contributed by atoms with Gasteiger partial charge >= 0.3 is 0 Å². The molecule has 0 unspecified atom stereocenters. The third-order valence-electron chi connectivity index (χ3n) is 3.05. The summed E-state index contributed by atoms with van der Waals surface area (Å²) >= 11 is 0. The molecule has 4 heteroatoms. The van der Waals surface area contributed by atoms with Crippen LogP contribution in [0, 0.1) is 0 Å². The van der Waals surface area contributed by atoms with Gasteiger partial charge in [0.2, 0.25) is 0 Å². The molecule has 1 aromatic rings. The Morgan fingerprint density at radius 2 is 2.17 bits per heavy atom. The van der Waals surface area contributed by atoms with Crippen LogP contribution < -0.4 is 10.1 Å². The molecule has 4 nitrogen and oxygen atoms in total. The summed E-state index contributed by atoms with van der Waals surface area (Å²) in [4.78, 5) is 6.83. The first-order valence-corrected chi connectivity index (χ1v) is 6.83. The molecule has 0 spiro atoms. The van der Waals surface area contributed by atoms with E-state index in [2.05, 4.69) is 15.2 Å². The van der Waals surface area contributed by atoms with Gasteiger partial charge in [0.1, 0.15) is 0 Å². The van der Waals surface area contributed by atoms with Crippen molar-refractivity contribution in [2.24, 2.45) is 0 Å². The highest BCUT2D eigenvalue weighted by Gasteiger charge is 2.11. The van der Waals surface area contributed by atoms with E-state index in [1.54, 1.807) is 6.20 Å². The van der Waals surface area contributed by atoms with Crippen LogP contribution in [0.15, 0.2) is 18.3 Å². The number of pyridine rings is 1. The maximum atomic E-state index is 5.73. The average Bonchev–Trinajstić information content (AvgIpc) is 2.84. The topological polar surface area (TPSA) is 37.4 Å². The highest BCUT2D eigenvalue weighted by atomic mass is 16.5. The number of nitrogens with one attached hydrogen (secondary N) is 1. The monoisotopic (exact) mass is 249 g/mol. The van der Waals surface area contributed by atoms with Crippen molar-refractivity contribution < 1.29 is 4.74 Å². The highest BCUT2D eigenvalue weighted by Crippen LogP contribution is 2.21. The molecule has 1 fully saturated rings. The summed E-state index contributed by atoms with van der Waals surface area (Å²) < 4.78 is 5.73. The van der Waals surface area contributed by atoms with Crippen molar-refractivity contribution in [3.63, 3.8) is 0 Å². The van der Waals surface area contributed by atoms with Gasteiger partial charge in [-0.1, -0.05) is 0 Å². The van der Waals surface area contributed by atoms with Crippen LogP contribution in [0.5, 0.6) is 5.75 Å². The Morgan fingerprint density at radius 3 is 2.89 bits per heavy atom. The van der Waals surface area contributed by atoms with E-state index in [-0.39, 0.29) is 6.10 Å². The van der Waals surface area contributed by atoms with Crippen LogP contribution in [0.1, 0.15) is 26.7 Å². The molecule has 100 valence electrons. The van der Waals surface area contributed by atoms with Gasteiger partial charge in [-0.05, 0) is 51.9 Å². The Morgan fingerprint density at radius 1 is 1.39 bits per heavy atom. The van der Waals surface area contributed by atoms with Gasteiger partial charge in [0, 0.05) is 19.3 Å². The maximum Gasteiger partial charge on any atom is 0.168 e. The van der Waals surface area contributed by atoms with Crippen molar-refractivity contribution in [3.05, 3.63) is 18.3 Å². The minimum atomic E-state index is 0.174. The van der Waals surface area contributed by atoms with Gasteiger partial charge in [-0.3, -0.25) is 0 Å². The van der Waals surface area contributed by atoms with Crippen LogP contribution in [0.25, 0.3) is 0 Å². The van der Waals surface area contributed by atoms with Gasteiger partial charge in [-0.15, -0.1) is 0 Å². The Bertz CT molecular complexity index is 362. The van der Waals surface area contributed by atoms with E-state index < -0.39 is 0 Å². The molecule has 1 saturated heterocycles. The summed E-state index contributed by atoms with van der Waals surface area (Å²) in [5, 5.41) is 3.37. The Labute approximate surface area is 109 Å². The van der Waals surface area contributed by atoms with E-state index in [9.17, 15) is 0 Å². The Hall–Kier alpha value is -1.29. The van der Waals surface area contributed by atoms with Gasteiger partial charge in [0.15, 0.2) is 11.6 Å². The molecule has 1 aliphatic heterocycles. The minimum Gasteiger partial charge on any atom is -0.487 e. The first kappa shape index (κ1) is 13.1. The fraction of sp³-hybridized carbons (Fsp3) is 0.643. The molecule has 1 N–H and O–H groups in total. The Kier molecular flexibility index (Phi) is 4.81. The summed E-state index contributed by atoms with van der Waals surface area (Å²) in [7, 11) is 0. The number of anilines is 1. The van der Waals surface area contributed by atoms with Crippen LogP contribution in [-0.2, 0) is 0 Å². The number of hydrogen-bond donors (Lipinski definition) is 1. The number of nitrogens with zero attached hydrogens (tertiary/aromatic N) is 2. The van der Waals surface area contributed by atoms with Crippen molar-refractivity contribution in [1.82, 2.24) is 9.88 Å². The van der Waals surface area contributed by atoms with Crippen molar-refractivity contribution >= 4 is 5.82 Å². The van der Waals surface area contributed by atoms with E-state index in [0.717, 1.165) is 24.7 Å². The van der Waals surface area contributed by atoms with Gasteiger partial charge in [-0.2, -0.15) is 0 Å². The summed E-state index contributed by atoms with van der Waals surface area (Å²) in [6, 6.07) is 3.87. The van der Waals surface area contributed by atoms with Crippen LogP contribution in [-0.4, -0.2) is 42.2 Å². The van der Waals surface area contributed by atoms with Crippen LogP contribution >= 0.6 is 0 Å². The van der Waals surface area contributed by atoms with Gasteiger partial charge < -0.3 is 15.0 Å². The maximum absolute atomic E-state index is 5.73. The fourth-order valence-corrected chi connectivity index (χ4v) is 2.21. The second kappa shape index (κ2) is 6.59. The van der Waals surface area contributed by atoms with Crippen molar-refractivity contribution in [1.29, 1.82) is 0 Å². The molecule has 2 rings (SSSR count). The van der Waals surface area contributed by atoms with Crippen LogP contribution in [0.3, 0.4) is 0 Å². The van der Waals surface area contributed by atoms with Crippen LogP contribution in [0.2, 0.25) is 0 Å². The molecule has 0 saturated carbocycles. The lowest BCUT2D eigenvalue weighted by atomic mass is 10.4. The van der Waals surface area contributed by atoms with Crippen molar-refractivity contribution in [2.75, 3.05) is 31.5 Å². The fourth-order valence-electron chi connectivity index (χ4n) is 2.21. The summed E-state index contributed by atoms with van der Waals surface area (Å²) in [5.74, 6) is 1.69. The Balaban J connectivity index is 1.83. The smallest absolute Gasteiger partial charge is 0.168 e. The third-order valence-corrected chi connectivity index (χ3v) is 3.05. The second-order valence-electron chi connectivity index (χ2n) is 4.99. The summed E-state index contributed by atoms with van der Waals surface area (Å²) in [6.45, 7) is 8.53. The molecule has 1 aliphatic rings. The second-order valence-corrected chi connectivity index (χ2v) is 4.99. The predicted octanol–water partition coefficient (Wildman–Crippen LogP) is 2.38. The molecule has 0 amide bonds. The molecule has 0 aliphatic carbocycles. The minimum absolute atomic E-state index is 0.174. The van der Waals surface area contributed by atoms with E-state index >= 15 is 0 Å². The molecule has 0 bridgehead atoms. The first-order valence-electron chi connectivity index (χ1n) is 6.83. The van der Waals surface area contributed by atoms with E-state index in [0.29, 0.717) is 0 Å². The van der Waals surface area contributed by atoms with Crippen molar-refractivity contribution in [2.45, 2.75) is 32.8 Å². The molecule has 1 aromatic heterocycles. The molecule has 0 radical (unpaired) electrons. The van der Waals surface area contributed by atoms with Gasteiger partial charge in [0.25, 0.3) is 0 Å². The number of ether oxygens (including phenoxy) is 1. The lowest BCUT2D eigenvalue weighted by Crippen LogP contribution is -2.26. The zero-order valence-corrected chi connectivity index (χ0v) is 11.4. The lowest BCUT2D eigenvalue weighted by Gasteiger charge is -2.17. The lowest BCUT2D eigenvalue weighted by molar-refractivity contribution is 0.242. The zero-order valence-electron chi connectivity index (χ0n) is 11.4. The number of likely N-dealkylation sites (tertiary alicyclic amines) is 1. The van der Waals surface area contributed by atoms with Gasteiger partial charge in [0.05, 0.1) is 6.10 Å². The predicted molar refractivity (Wildman–Crippen MR) is 74.2 cm³/mol. The molecular formula is C14H23N3O. The normalized spacial score (nSPS) is 16.2. The molecule has 0 aromatic carbocycles. The molecule has 2 heterocycles. The number of hydrogen-bond acceptors (Lipinski definition) is 4. The summed E-state index contributed by atoms with van der Waals surface area (Å²) in [5.41, 5.74) is 0. The number of rotatable bonds is 6. The quantitative estimate of drug-likeness (QED) is 0.840. The molecule has 18 heavy (non-hydrogen) atoms. The first-order chi connectivity index (χ1) is 8.75. The van der Waals surface area contributed by atoms with E-state index in [1.807, 2.05) is 26.0 Å². The highest BCUT2D eigenvalue weighted by molar-refractivity contribution is 5.49. The van der Waals surface area contributed by atoms with E-state index in [4.69, 9.17) is 4.74 Å². The zero-order chi connectivity index (χ0) is 12.8. The molecular weight excluding hydrogens is 226 g/mol. The average molecular weight is 249 g/mol. The molecule has 0 atom stereocenters. The van der Waals surface area contributed by atoms with Gasteiger partial charge in [-0.25, -0.2) is 4.98 Å². The third kappa shape index (κ3) is 3.88. The van der Waals surface area contributed by atoms with E-state index in [1.165, 1.54) is 25.9 Å². The standard InChI is InChI=1S/C14H23N3O/c1-12(2)18-13-6-5-7-15-14(13)16-8-11-17-9-3-4-10-17/h5-7,12H,3-4,8-11H2,1-2H3,(H,15,16). The van der Waals surface area contributed by atoms with Crippen molar-refractivity contribution in [3.8, 4) is 5.75 Å². The van der Waals surface area contributed by atoms with Crippen LogP contribution in [0.4, 0.5) is 5.82 Å².